The van der Waals surface area contributed by atoms with Crippen LogP contribution in [-0.4, -0.2) is 0 Å². The first-order valence-corrected chi connectivity index (χ1v) is 11.2. The van der Waals surface area contributed by atoms with Gasteiger partial charge in [-0.25, -0.2) is 0 Å². The maximum Gasteiger partial charge on any atom is 0.0205 e. The van der Waals surface area contributed by atoms with Gasteiger partial charge < -0.3 is 0 Å². The third-order valence-corrected chi connectivity index (χ3v) is 7.00. The summed E-state index contributed by atoms with van der Waals surface area (Å²) in [6.07, 6.45) is 14.8. The van der Waals surface area contributed by atoms with E-state index in [2.05, 4.69) is 91.8 Å². The summed E-state index contributed by atoms with van der Waals surface area (Å²) < 4.78 is 0. The molecule has 0 spiro atoms. The summed E-state index contributed by atoms with van der Waals surface area (Å²) in [7, 11) is 0. The van der Waals surface area contributed by atoms with Crippen molar-refractivity contribution in [3.05, 3.63) is 81.0 Å². The fraction of sp³-hybridized carbons (Fsp3) is 0.500. The molecule has 4 rings (SSSR count). The molecule has 0 heterocycles. The molecular weight excluding hydrogens is 336 g/mol. The number of allylic oxidation sites excluding steroid dienone is 14. The van der Waals surface area contributed by atoms with Crippen molar-refractivity contribution in [1.82, 2.24) is 0 Å². The zero-order chi connectivity index (χ0) is 20.3. The summed E-state index contributed by atoms with van der Waals surface area (Å²) in [6.45, 7) is 18.8. The van der Waals surface area contributed by atoms with Gasteiger partial charge in [0.2, 0.25) is 0 Å². The molecule has 0 heteroatoms. The summed E-state index contributed by atoms with van der Waals surface area (Å²) in [5.74, 6) is 3.23. The molecule has 0 saturated heterocycles. The Morgan fingerprint density at radius 2 is 0.893 bits per heavy atom. The van der Waals surface area contributed by atoms with E-state index in [1.54, 1.807) is 44.6 Å². The lowest BCUT2D eigenvalue weighted by molar-refractivity contribution is 0.507. The lowest BCUT2D eigenvalue weighted by Gasteiger charge is -2.46. The zero-order valence-corrected chi connectivity index (χ0v) is 18.9. The maximum atomic E-state index is 2.51. The van der Waals surface area contributed by atoms with Gasteiger partial charge in [0.25, 0.3) is 0 Å². The second-order valence-corrected chi connectivity index (χ2v) is 10.2. The smallest absolute Gasteiger partial charge is 0.0205 e. The van der Waals surface area contributed by atoms with Crippen LogP contribution in [0.2, 0.25) is 0 Å². The van der Waals surface area contributed by atoms with E-state index in [1.165, 1.54) is 0 Å². The molecule has 2 unspecified atom stereocenters. The molecule has 28 heavy (non-hydrogen) atoms. The topological polar surface area (TPSA) is 0 Å². The van der Waals surface area contributed by atoms with E-state index in [-0.39, 0.29) is 0 Å². The molecule has 0 nitrogen and oxygen atoms in total. The minimum Gasteiger partial charge on any atom is -0.0587 e. The molecule has 0 bridgehead atoms. The van der Waals surface area contributed by atoms with Gasteiger partial charge in [0.05, 0.1) is 0 Å². The van der Waals surface area contributed by atoms with Crippen LogP contribution in [0, 0.1) is 35.5 Å². The molecule has 0 amide bonds. The first-order valence-electron chi connectivity index (χ1n) is 11.2. The van der Waals surface area contributed by atoms with Gasteiger partial charge in [0.1, 0.15) is 0 Å². The van der Waals surface area contributed by atoms with E-state index in [4.69, 9.17) is 0 Å². The molecule has 148 valence electrons. The molecule has 0 aliphatic heterocycles. The molecule has 0 saturated carbocycles. The van der Waals surface area contributed by atoms with Crippen LogP contribution in [-0.2, 0) is 0 Å². The van der Waals surface area contributed by atoms with E-state index in [9.17, 15) is 0 Å². The molecule has 0 radical (unpaired) electrons. The van der Waals surface area contributed by atoms with Crippen molar-refractivity contribution in [3.63, 3.8) is 0 Å². The second kappa shape index (κ2) is 6.90. The normalized spacial score (nSPS) is 26.1. The van der Waals surface area contributed by atoms with E-state index < -0.39 is 0 Å². The predicted molar refractivity (Wildman–Crippen MR) is 122 cm³/mol. The van der Waals surface area contributed by atoms with Crippen LogP contribution in [0.25, 0.3) is 0 Å². The fourth-order valence-electron chi connectivity index (χ4n) is 5.60. The van der Waals surface area contributed by atoms with Gasteiger partial charge in [-0.15, -0.1) is 0 Å². The molecule has 0 fully saturated rings. The van der Waals surface area contributed by atoms with Crippen molar-refractivity contribution in [1.29, 1.82) is 0 Å². The molecule has 0 aromatic heterocycles. The predicted octanol–water partition coefficient (Wildman–Crippen LogP) is 7.75. The quantitative estimate of drug-likeness (QED) is 0.473. The van der Waals surface area contributed by atoms with Crippen LogP contribution in [0.4, 0.5) is 0 Å². The molecule has 2 atom stereocenters. The van der Waals surface area contributed by atoms with Gasteiger partial charge in [0.15, 0.2) is 0 Å². The van der Waals surface area contributed by atoms with Crippen molar-refractivity contribution < 1.29 is 0 Å². The highest BCUT2D eigenvalue weighted by molar-refractivity contribution is 5.67. The molecule has 0 aromatic carbocycles. The first-order chi connectivity index (χ1) is 13.2. The third-order valence-electron chi connectivity index (χ3n) is 7.00. The Kier molecular flexibility index (Phi) is 4.81. The van der Waals surface area contributed by atoms with E-state index in [1.807, 2.05) is 0 Å². The van der Waals surface area contributed by atoms with E-state index in [0.29, 0.717) is 35.5 Å². The SMILES string of the molecule is CC(C)C1=CC(C(C)C)=C2C=CC3=C(C(C)C)C=C(C(C)C)C4=CC=C1C2C43. The zero-order valence-electron chi connectivity index (χ0n) is 18.9. The number of hydrogen-bond donors (Lipinski definition) is 0. The molecule has 0 aromatic rings. The summed E-state index contributed by atoms with van der Waals surface area (Å²) >= 11 is 0. The highest BCUT2D eigenvalue weighted by atomic mass is 14.5. The Bertz CT molecular complexity index is 837. The fourth-order valence-corrected chi connectivity index (χ4v) is 5.60. The molecule has 4 aliphatic carbocycles. The maximum absolute atomic E-state index is 2.51. The second-order valence-electron chi connectivity index (χ2n) is 10.2. The first kappa shape index (κ1) is 19.5. The standard InChI is InChI=1S/C28H36/c1-15(2)23-13-24(16(3)4)20-11-12-22-26(18(7)8)14-25(17(5)6)21-10-9-19(23)27(20)28(21)22/h9-18,27-28H,1-8H3. The highest BCUT2D eigenvalue weighted by Gasteiger charge is 2.44. The Morgan fingerprint density at radius 1 is 0.536 bits per heavy atom. The van der Waals surface area contributed by atoms with Crippen LogP contribution >= 0.6 is 0 Å². The minimum atomic E-state index is 0.496. The van der Waals surface area contributed by atoms with E-state index in [0.717, 1.165) is 0 Å². The van der Waals surface area contributed by atoms with Crippen LogP contribution in [0.15, 0.2) is 81.0 Å². The molecular formula is C28H36. The lowest BCUT2D eigenvalue weighted by atomic mass is 9.57. The van der Waals surface area contributed by atoms with Crippen molar-refractivity contribution in [3.8, 4) is 0 Å². The Morgan fingerprint density at radius 3 is 1.18 bits per heavy atom. The monoisotopic (exact) mass is 372 g/mol. The average molecular weight is 373 g/mol. The van der Waals surface area contributed by atoms with Gasteiger partial charge in [0, 0.05) is 11.8 Å². The molecule has 4 aliphatic rings. The van der Waals surface area contributed by atoms with Gasteiger partial charge in [-0.2, -0.15) is 0 Å². The summed E-state index contributed by atoms with van der Waals surface area (Å²) in [6, 6.07) is 0. The van der Waals surface area contributed by atoms with Crippen molar-refractivity contribution in [2.45, 2.75) is 55.4 Å². The summed E-state index contributed by atoms with van der Waals surface area (Å²) in [4.78, 5) is 0. The lowest BCUT2D eigenvalue weighted by Crippen LogP contribution is -2.35. The van der Waals surface area contributed by atoms with Crippen molar-refractivity contribution in [2.75, 3.05) is 0 Å². The summed E-state index contributed by atoms with van der Waals surface area (Å²) in [5.41, 5.74) is 12.5. The van der Waals surface area contributed by atoms with Crippen molar-refractivity contribution >= 4 is 0 Å². The number of rotatable bonds is 4. The van der Waals surface area contributed by atoms with Gasteiger partial charge in [-0.3, -0.25) is 0 Å². The van der Waals surface area contributed by atoms with Crippen LogP contribution in [0.1, 0.15) is 55.4 Å². The van der Waals surface area contributed by atoms with Crippen LogP contribution in [0.5, 0.6) is 0 Å². The van der Waals surface area contributed by atoms with Crippen LogP contribution in [0.3, 0.4) is 0 Å². The Labute approximate surface area is 172 Å². The van der Waals surface area contributed by atoms with Gasteiger partial charge in [-0.05, 0) is 68.3 Å². The minimum absolute atomic E-state index is 0.496. The van der Waals surface area contributed by atoms with Gasteiger partial charge in [-0.1, -0.05) is 91.8 Å². The molecule has 0 N–H and O–H groups in total. The van der Waals surface area contributed by atoms with E-state index >= 15 is 0 Å². The number of hydrogen-bond acceptors (Lipinski definition) is 0. The summed E-state index contributed by atoms with van der Waals surface area (Å²) in [5, 5.41) is 0. The Balaban J connectivity index is 2.03. The Hall–Kier alpha value is -1.82. The largest absolute Gasteiger partial charge is 0.0587 e. The highest BCUT2D eigenvalue weighted by Crippen LogP contribution is 2.56. The van der Waals surface area contributed by atoms with Crippen LogP contribution < -0.4 is 0 Å². The third kappa shape index (κ3) is 2.79. The van der Waals surface area contributed by atoms with Crippen molar-refractivity contribution in [2.24, 2.45) is 35.5 Å². The van der Waals surface area contributed by atoms with Gasteiger partial charge >= 0.3 is 0 Å². The average Bonchev–Trinajstić information content (AvgIpc) is 2.64.